The summed E-state index contributed by atoms with van der Waals surface area (Å²) >= 11 is 0. The molecule has 2 rings (SSSR count). The average Bonchev–Trinajstić information content (AvgIpc) is 2.47. The number of anilines is 1. The van der Waals surface area contributed by atoms with E-state index in [4.69, 9.17) is 0 Å². The molecule has 2 N–H and O–H groups in total. The van der Waals surface area contributed by atoms with Crippen LogP contribution < -0.4 is 10.6 Å². The molecule has 1 aliphatic rings. The smallest absolute Gasteiger partial charge is 0.239 e. The van der Waals surface area contributed by atoms with Crippen LogP contribution in [-0.2, 0) is 4.79 Å². The van der Waals surface area contributed by atoms with Crippen molar-refractivity contribution in [2.75, 3.05) is 11.9 Å². The molecule has 104 valence electrons. The van der Waals surface area contributed by atoms with Crippen LogP contribution in [0.2, 0.25) is 0 Å². The predicted octanol–water partition coefficient (Wildman–Crippen LogP) is 3.18. The molecule has 0 aliphatic heterocycles. The Balaban J connectivity index is 1.71. The Kier molecular flexibility index (Phi) is 5.25. The van der Waals surface area contributed by atoms with Gasteiger partial charge in [-0.25, -0.2) is 0 Å². The standard InChI is InChI=1S/C16H24N2O/c1-13(14-8-4-2-5-9-14)18-16(19)12-17-15-10-6-3-7-11-15/h3,6-7,10-11,13-14,17H,2,4-5,8-9,12H2,1H3,(H,18,19)/t13-/m1/s1. The van der Waals surface area contributed by atoms with Crippen LogP contribution in [-0.4, -0.2) is 18.5 Å². The van der Waals surface area contributed by atoms with Crippen molar-refractivity contribution in [2.45, 2.75) is 45.1 Å². The molecule has 3 heteroatoms. The Labute approximate surface area is 115 Å². The van der Waals surface area contributed by atoms with Crippen molar-refractivity contribution in [1.82, 2.24) is 5.32 Å². The van der Waals surface area contributed by atoms with Crippen molar-refractivity contribution >= 4 is 11.6 Å². The van der Waals surface area contributed by atoms with Gasteiger partial charge in [-0.15, -0.1) is 0 Å². The Hall–Kier alpha value is -1.51. The lowest BCUT2D eigenvalue weighted by Gasteiger charge is -2.28. The fourth-order valence-electron chi connectivity index (χ4n) is 2.80. The molecule has 0 spiro atoms. The molecule has 0 heterocycles. The van der Waals surface area contributed by atoms with Gasteiger partial charge in [-0.3, -0.25) is 4.79 Å². The third kappa shape index (κ3) is 4.58. The number of amides is 1. The van der Waals surface area contributed by atoms with E-state index in [9.17, 15) is 4.79 Å². The van der Waals surface area contributed by atoms with Crippen molar-refractivity contribution < 1.29 is 4.79 Å². The maximum atomic E-state index is 11.9. The highest BCUT2D eigenvalue weighted by Crippen LogP contribution is 2.26. The normalized spacial score (nSPS) is 17.7. The van der Waals surface area contributed by atoms with E-state index in [1.165, 1.54) is 32.1 Å². The van der Waals surface area contributed by atoms with Gasteiger partial charge in [0.2, 0.25) is 5.91 Å². The van der Waals surface area contributed by atoms with Crippen molar-refractivity contribution in [3.05, 3.63) is 30.3 Å². The Bertz CT molecular complexity index is 385. The molecule has 0 saturated heterocycles. The van der Waals surface area contributed by atoms with E-state index in [0.717, 1.165) is 5.69 Å². The van der Waals surface area contributed by atoms with Gasteiger partial charge in [-0.2, -0.15) is 0 Å². The second kappa shape index (κ2) is 7.17. The van der Waals surface area contributed by atoms with Gasteiger partial charge in [0.1, 0.15) is 0 Å². The molecule has 0 radical (unpaired) electrons. The Morgan fingerprint density at radius 1 is 1.21 bits per heavy atom. The minimum atomic E-state index is 0.0851. The zero-order chi connectivity index (χ0) is 13.5. The number of rotatable bonds is 5. The van der Waals surface area contributed by atoms with Crippen molar-refractivity contribution in [3.63, 3.8) is 0 Å². The van der Waals surface area contributed by atoms with Crippen molar-refractivity contribution in [3.8, 4) is 0 Å². The molecule has 0 aromatic heterocycles. The van der Waals surface area contributed by atoms with Gasteiger partial charge in [0, 0.05) is 11.7 Å². The summed E-state index contributed by atoms with van der Waals surface area (Å²) in [6.45, 7) is 2.48. The zero-order valence-electron chi connectivity index (χ0n) is 11.7. The molecule has 19 heavy (non-hydrogen) atoms. The predicted molar refractivity (Wildman–Crippen MR) is 79.1 cm³/mol. The summed E-state index contributed by atoms with van der Waals surface area (Å²) in [6, 6.07) is 10.1. The van der Waals surface area contributed by atoms with E-state index < -0.39 is 0 Å². The quantitative estimate of drug-likeness (QED) is 0.853. The number of nitrogens with one attached hydrogen (secondary N) is 2. The fraction of sp³-hybridized carbons (Fsp3) is 0.562. The van der Waals surface area contributed by atoms with Crippen LogP contribution in [0.1, 0.15) is 39.0 Å². The Morgan fingerprint density at radius 3 is 2.58 bits per heavy atom. The van der Waals surface area contributed by atoms with Crippen LogP contribution in [0.25, 0.3) is 0 Å². The summed E-state index contributed by atoms with van der Waals surface area (Å²) in [6.07, 6.45) is 6.49. The van der Waals surface area contributed by atoms with E-state index in [1.807, 2.05) is 30.3 Å². The van der Waals surface area contributed by atoms with Gasteiger partial charge in [0.25, 0.3) is 0 Å². The molecule has 1 aliphatic carbocycles. The van der Waals surface area contributed by atoms with Gasteiger partial charge < -0.3 is 10.6 Å². The van der Waals surface area contributed by atoms with E-state index >= 15 is 0 Å². The SMILES string of the molecule is C[C@@H](NC(=O)CNc1ccccc1)C1CCCCC1. The topological polar surface area (TPSA) is 41.1 Å². The number of carbonyl (C=O) groups excluding carboxylic acids is 1. The highest BCUT2D eigenvalue weighted by Gasteiger charge is 2.21. The summed E-state index contributed by atoms with van der Waals surface area (Å²) in [5.74, 6) is 0.747. The Morgan fingerprint density at radius 2 is 1.89 bits per heavy atom. The van der Waals surface area contributed by atoms with Crippen molar-refractivity contribution in [1.29, 1.82) is 0 Å². The number of carbonyl (C=O) groups is 1. The van der Waals surface area contributed by atoms with E-state index in [2.05, 4.69) is 17.6 Å². The zero-order valence-corrected chi connectivity index (χ0v) is 11.7. The first-order valence-corrected chi connectivity index (χ1v) is 7.34. The maximum Gasteiger partial charge on any atom is 0.239 e. The van der Waals surface area contributed by atoms with Crippen LogP contribution in [0.4, 0.5) is 5.69 Å². The minimum absolute atomic E-state index is 0.0851. The number of para-hydroxylation sites is 1. The second-order valence-corrected chi connectivity index (χ2v) is 5.47. The van der Waals surface area contributed by atoms with E-state index in [0.29, 0.717) is 18.5 Å². The molecular weight excluding hydrogens is 236 g/mol. The van der Waals surface area contributed by atoms with Gasteiger partial charge in [-0.1, -0.05) is 37.5 Å². The van der Waals surface area contributed by atoms with Crippen LogP contribution in [0, 0.1) is 5.92 Å². The number of hydrogen-bond donors (Lipinski definition) is 2. The first-order chi connectivity index (χ1) is 9.25. The highest BCUT2D eigenvalue weighted by atomic mass is 16.1. The molecule has 3 nitrogen and oxygen atoms in total. The fourth-order valence-corrected chi connectivity index (χ4v) is 2.80. The van der Waals surface area contributed by atoms with Crippen molar-refractivity contribution in [2.24, 2.45) is 5.92 Å². The number of hydrogen-bond acceptors (Lipinski definition) is 2. The molecule has 1 aromatic rings. The first-order valence-electron chi connectivity index (χ1n) is 7.34. The van der Waals surface area contributed by atoms with Crippen LogP contribution >= 0.6 is 0 Å². The van der Waals surface area contributed by atoms with Gasteiger partial charge >= 0.3 is 0 Å². The molecule has 1 amide bonds. The van der Waals surface area contributed by atoms with Gasteiger partial charge in [0.15, 0.2) is 0 Å². The molecule has 1 atom stereocenters. The molecule has 1 aromatic carbocycles. The van der Waals surface area contributed by atoms with Gasteiger partial charge in [0.05, 0.1) is 6.54 Å². The minimum Gasteiger partial charge on any atom is -0.376 e. The van der Waals surface area contributed by atoms with Crippen LogP contribution in [0.3, 0.4) is 0 Å². The summed E-state index contributed by atoms with van der Waals surface area (Å²) in [4.78, 5) is 11.9. The third-order valence-electron chi connectivity index (χ3n) is 3.97. The number of benzene rings is 1. The molecular formula is C16H24N2O. The van der Waals surface area contributed by atoms with Gasteiger partial charge in [-0.05, 0) is 37.8 Å². The molecule has 1 fully saturated rings. The molecule has 1 saturated carbocycles. The molecule has 0 bridgehead atoms. The largest absolute Gasteiger partial charge is 0.376 e. The van der Waals surface area contributed by atoms with Crippen LogP contribution in [0.5, 0.6) is 0 Å². The summed E-state index contributed by atoms with van der Waals surface area (Å²) in [5.41, 5.74) is 0.989. The average molecular weight is 260 g/mol. The first kappa shape index (κ1) is 13.9. The third-order valence-corrected chi connectivity index (χ3v) is 3.97. The van der Waals surface area contributed by atoms with Crippen LogP contribution in [0.15, 0.2) is 30.3 Å². The van der Waals surface area contributed by atoms with E-state index in [-0.39, 0.29) is 5.91 Å². The lowest BCUT2D eigenvalue weighted by Crippen LogP contribution is -2.41. The lowest BCUT2D eigenvalue weighted by atomic mass is 9.84. The highest BCUT2D eigenvalue weighted by molar-refractivity contribution is 5.80. The summed E-state index contributed by atoms with van der Waals surface area (Å²) in [5, 5.41) is 6.26. The second-order valence-electron chi connectivity index (χ2n) is 5.47. The monoisotopic (exact) mass is 260 g/mol. The van der Waals surface area contributed by atoms with E-state index in [1.54, 1.807) is 0 Å². The maximum absolute atomic E-state index is 11.9. The molecule has 0 unspecified atom stereocenters. The summed E-state index contributed by atoms with van der Waals surface area (Å²) in [7, 11) is 0. The lowest BCUT2D eigenvalue weighted by molar-refractivity contribution is -0.120. The summed E-state index contributed by atoms with van der Waals surface area (Å²) < 4.78 is 0.